The van der Waals surface area contributed by atoms with Gasteiger partial charge in [-0.2, -0.15) is 5.10 Å². The minimum atomic E-state index is 0.244. The summed E-state index contributed by atoms with van der Waals surface area (Å²) < 4.78 is 2.82. The molecule has 3 nitrogen and oxygen atoms in total. The van der Waals surface area contributed by atoms with E-state index in [1.54, 1.807) is 4.68 Å². The Morgan fingerprint density at radius 2 is 2.00 bits per heavy atom. The first kappa shape index (κ1) is 15.5. The first-order chi connectivity index (χ1) is 9.52. The first-order valence-corrected chi connectivity index (χ1v) is 7.86. The molecular weight excluding hydrogens is 338 g/mol. The predicted octanol–water partition coefficient (Wildman–Crippen LogP) is 4.04. The van der Waals surface area contributed by atoms with Crippen molar-refractivity contribution in [2.45, 2.75) is 26.3 Å². The summed E-state index contributed by atoms with van der Waals surface area (Å²) in [5.41, 5.74) is 3.37. The number of rotatable bonds is 5. The smallest absolute Gasteiger partial charge is 0.130 e. The summed E-state index contributed by atoms with van der Waals surface area (Å²) in [5, 5.41) is 8.63. The highest BCUT2D eigenvalue weighted by Crippen LogP contribution is 2.26. The third kappa shape index (κ3) is 3.43. The topological polar surface area (TPSA) is 29.9 Å². The van der Waals surface area contributed by atoms with Gasteiger partial charge in [0.05, 0.1) is 5.69 Å². The standard InChI is InChI=1S/C15H19BrClN3/c1-4-18-14(11-5-7-12(16)8-6-11)9-13-10(2)19-20(3)15(13)17/h5-8,14,18H,4,9H2,1-3H3. The highest BCUT2D eigenvalue weighted by atomic mass is 79.9. The third-order valence-electron chi connectivity index (χ3n) is 3.40. The Morgan fingerprint density at radius 1 is 1.35 bits per heavy atom. The fourth-order valence-corrected chi connectivity index (χ4v) is 2.88. The summed E-state index contributed by atoms with van der Waals surface area (Å²) in [6.07, 6.45) is 0.841. The number of nitrogens with one attached hydrogen (secondary N) is 1. The lowest BCUT2D eigenvalue weighted by Crippen LogP contribution is -2.23. The van der Waals surface area contributed by atoms with Gasteiger partial charge in [-0.3, -0.25) is 4.68 Å². The molecule has 0 bridgehead atoms. The molecule has 0 fully saturated rings. The van der Waals surface area contributed by atoms with Gasteiger partial charge in [-0.25, -0.2) is 0 Å². The molecule has 2 rings (SSSR count). The van der Waals surface area contributed by atoms with Crippen molar-refractivity contribution >= 4 is 27.5 Å². The van der Waals surface area contributed by atoms with Crippen LogP contribution in [0.3, 0.4) is 0 Å². The number of nitrogens with zero attached hydrogens (tertiary/aromatic N) is 2. The lowest BCUT2D eigenvalue weighted by atomic mass is 9.99. The van der Waals surface area contributed by atoms with E-state index in [2.05, 4.69) is 57.5 Å². The van der Waals surface area contributed by atoms with Gasteiger partial charge in [0.2, 0.25) is 0 Å². The molecule has 1 aromatic carbocycles. The molecule has 20 heavy (non-hydrogen) atoms. The van der Waals surface area contributed by atoms with Crippen LogP contribution in [-0.2, 0) is 13.5 Å². The zero-order valence-corrected chi connectivity index (χ0v) is 14.3. The largest absolute Gasteiger partial charge is 0.310 e. The van der Waals surface area contributed by atoms with E-state index in [9.17, 15) is 0 Å². The van der Waals surface area contributed by atoms with Gasteiger partial charge in [0.25, 0.3) is 0 Å². The molecule has 1 heterocycles. The van der Waals surface area contributed by atoms with Crippen LogP contribution < -0.4 is 5.32 Å². The van der Waals surface area contributed by atoms with E-state index in [4.69, 9.17) is 11.6 Å². The van der Waals surface area contributed by atoms with E-state index < -0.39 is 0 Å². The van der Waals surface area contributed by atoms with E-state index in [0.717, 1.165) is 33.8 Å². The normalized spacial score (nSPS) is 12.7. The predicted molar refractivity (Wildman–Crippen MR) is 87.2 cm³/mol. The van der Waals surface area contributed by atoms with Crippen molar-refractivity contribution in [2.75, 3.05) is 6.54 Å². The Kier molecular flexibility index (Phi) is 5.24. The van der Waals surface area contributed by atoms with Crippen LogP contribution in [-0.4, -0.2) is 16.3 Å². The summed E-state index contributed by atoms with van der Waals surface area (Å²) in [7, 11) is 1.88. The second-order valence-electron chi connectivity index (χ2n) is 4.84. The molecule has 2 aromatic rings. The molecule has 0 saturated heterocycles. The number of hydrogen-bond acceptors (Lipinski definition) is 2. The summed E-state index contributed by atoms with van der Waals surface area (Å²) in [4.78, 5) is 0. The van der Waals surface area contributed by atoms with Crippen LogP contribution in [0.25, 0.3) is 0 Å². The molecule has 1 N–H and O–H groups in total. The van der Waals surface area contributed by atoms with Crippen LogP contribution in [0.2, 0.25) is 5.15 Å². The molecule has 0 aliphatic carbocycles. The van der Waals surface area contributed by atoms with Gasteiger partial charge in [-0.15, -0.1) is 0 Å². The summed E-state index contributed by atoms with van der Waals surface area (Å²) in [5.74, 6) is 0. The van der Waals surface area contributed by atoms with Gasteiger partial charge in [-0.1, -0.05) is 46.6 Å². The van der Waals surface area contributed by atoms with Crippen molar-refractivity contribution in [3.63, 3.8) is 0 Å². The van der Waals surface area contributed by atoms with Crippen LogP contribution >= 0.6 is 27.5 Å². The Morgan fingerprint density at radius 3 is 2.50 bits per heavy atom. The van der Waals surface area contributed by atoms with Crippen LogP contribution in [0.4, 0.5) is 0 Å². The quantitative estimate of drug-likeness (QED) is 0.876. The minimum Gasteiger partial charge on any atom is -0.310 e. The second-order valence-corrected chi connectivity index (χ2v) is 6.12. The molecule has 0 amide bonds. The van der Waals surface area contributed by atoms with Crippen molar-refractivity contribution in [1.29, 1.82) is 0 Å². The molecule has 1 unspecified atom stereocenters. The number of aryl methyl sites for hydroxylation is 2. The zero-order valence-electron chi connectivity index (χ0n) is 12.0. The fourth-order valence-electron chi connectivity index (χ4n) is 2.36. The zero-order chi connectivity index (χ0) is 14.7. The molecule has 0 radical (unpaired) electrons. The monoisotopic (exact) mass is 355 g/mol. The Labute approximate surface area is 133 Å². The average Bonchev–Trinajstić information content (AvgIpc) is 2.65. The highest BCUT2D eigenvalue weighted by molar-refractivity contribution is 9.10. The van der Waals surface area contributed by atoms with Gasteiger partial charge in [0.1, 0.15) is 5.15 Å². The Bertz CT molecular complexity index is 578. The summed E-state index contributed by atoms with van der Waals surface area (Å²) >= 11 is 9.81. The van der Waals surface area contributed by atoms with Crippen molar-refractivity contribution in [2.24, 2.45) is 7.05 Å². The number of aromatic nitrogens is 2. The van der Waals surface area contributed by atoms with Gasteiger partial charge >= 0.3 is 0 Å². The molecular formula is C15H19BrClN3. The summed E-state index contributed by atoms with van der Waals surface area (Å²) in [6.45, 7) is 5.03. The minimum absolute atomic E-state index is 0.244. The fraction of sp³-hybridized carbons (Fsp3) is 0.400. The maximum absolute atomic E-state index is 6.34. The van der Waals surface area contributed by atoms with E-state index in [0.29, 0.717) is 0 Å². The number of benzene rings is 1. The Balaban J connectivity index is 2.27. The molecule has 108 valence electrons. The van der Waals surface area contributed by atoms with Gasteiger partial charge in [-0.05, 0) is 37.6 Å². The lowest BCUT2D eigenvalue weighted by Gasteiger charge is -2.18. The van der Waals surface area contributed by atoms with Crippen molar-refractivity contribution in [3.05, 3.63) is 50.7 Å². The van der Waals surface area contributed by atoms with Gasteiger partial charge in [0.15, 0.2) is 0 Å². The molecule has 0 spiro atoms. The van der Waals surface area contributed by atoms with Crippen molar-refractivity contribution < 1.29 is 0 Å². The molecule has 5 heteroatoms. The SMILES string of the molecule is CCNC(Cc1c(C)nn(C)c1Cl)c1ccc(Br)cc1. The Hall–Kier alpha value is -0.840. The van der Waals surface area contributed by atoms with Crippen LogP contribution in [0, 0.1) is 6.92 Å². The maximum Gasteiger partial charge on any atom is 0.130 e. The van der Waals surface area contributed by atoms with E-state index in [1.165, 1.54) is 5.56 Å². The molecule has 1 aromatic heterocycles. The lowest BCUT2D eigenvalue weighted by molar-refractivity contribution is 0.548. The first-order valence-electron chi connectivity index (χ1n) is 6.69. The molecule has 0 aliphatic heterocycles. The molecule has 1 atom stereocenters. The average molecular weight is 357 g/mol. The van der Waals surface area contributed by atoms with Crippen LogP contribution in [0.15, 0.2) is 28.7 Å². The maximum atomic E-state index is 6.34. The van der Waals surface area contributed by atoms with Gasteiger partial charge < -0.3 is 5.32 Å². The molecule has 0 aliphatic rings. The van der Waals surface area contributed by atoms with E-state index >= 15 is 0 Å². The second kappa shape index (κ2) is 6.74. The van der Waals surface area contributed by atoms with Crippen molar-refractivity contribution in [1.82, 2.24) is 15.1 Å². The third-order valence-corrected chi connectivity index (χ3v) is 4.40. The van der Waals surface area contributed by atoms with Crippen LogP contribution in [0.5, 0.6) is 0 Å². The number of halogens is 2. The van der Waals surface area contributed by atoms with E-state index in [1.807, 2.05) is 14.0 Å². The summed E-state index contributed by atoms with van der Waals surface area (Å²) in [6, 6.07) is 8.65. The van der Waals surface area contributed by atoms with E-state index in [-0.39, 0.29) is 6.04 Å². The number of hydrogen-bond donors (Lipinski definition) is 1. The van der Waals surface area contributed by atoms with Crippen LogP contribution in [0.1, 0.15) is 29.8 Å². The highest BCUT2D eigenvalue weighted by Gasteiger charge is 2.18. The van der Waals surface area contributed by atoms with Crippen molar-refractivity contribution in [3.8, 4) is 0 Å². The number of likely N-dealkylation sites (N-methyl/N-ethyl adjacent to an activating group) is 1. The molecule has 0 saturated carbocycles. The van der Waals surface area contributed by atoms with Gasteiger partial charge in [0, 0.05) is 23.1 Å².